The van der Waals surface area contributed by atoms with Crippen LogP contribution in [0.25, 0.3) is 0 Å². The number of aromatic nitrogens is 3. The molecule has 1 aliphatic heterocycles. The normalized spacial score (nSPS) is 28.8. The summed E-state index contributed by atoms with van der Waals surface area (Å²) in [6.07, 6.45) is 3.96. The molecule has 1 fully saturated rings. The fourth-order valence-corrected chi connectivity index (χ4v) is 2.84. The first kappa shape index (κ1) is 13.5. The van der Waals surface area contributed by atoms with Gasteiger partial charge < -0.3 is 10.4 Å². The van der Waals surface area contributed by atoms with Crippen LogP contribution >= 0.6 is 0 Å². The van der Waals surface area contributed by atoms with Gasteiger partial charge in [-0.2, -0.15) is 5.10 Å². The van der Waals surface area contributed by atoms with E-state index in [9.17, 15) is 5.11 Å². The zero-order valence-electron chi connectivity index (χ0n) is 11.6. The molecule has 2 atom stereocenters. The molecule has 2 unspecified atom stereocenters. The Morgan fingerprint density at radius 2 is 2.39 bits per heavy atom. The fourth-order valence-electron chi connectivity index (χ4n) is 2.84. The maximum atomic E-state index is 10.9. The largest absolute Gasteiger partial charge is 0.389 e. The lowest BCUT2D eigenvalue weighted by Gasteiger charge is -2.40. The van der Waals surface area contributed by atoms with E-state index in [2.05, 4.69) is 36.2 Å². The highest BCUT2D eigenvalue weighted by Crippen LogP contribution is 2.30. The van der Waals surface area contributed by atoms with E-state index in [1.54, 1.807) is 6.33 Å². The third-order valence-corrected chi connectivity index (χ3v) is 3.98. The van der Waals surface area contributed by atoms with E-state index in [1.165, 1.54) is 0 Å². The second kappa shape index (κ2) is 5.36. The van der Waals surface area contributed by atoms with E-state index in [1.807, 2.05) is 4.68 Å². The highest BCUT2D eigenvalue weighted by Gasteiger charge is 2.39. The molecule has 1 aliphatic rings. The first-order valence-electron chi connectivity index (χ1n) is 6.88. The molecule has 0 aromatic carbocycles. The van der Waals surface area contributed by atoms with Crippen LogP contribution < -0.4 is 5.32 Å². The maximum absolute atomic E-state index is 10.9. The molecule has 102 valence electrons. The summed E-state index contributed by atoms with van der Waals surface area (Å²) in [6.45, 7) is 8.07. The van der Waals surface area contributed by atoms with Gasteiger partial charge in [-0.05, 0) is 33.2 Å². The maximum Gasteiger partial charge on any atom is 0.138 e. The Morgan fingerprint density at radius 1 is 1.61 bits per heavy atom. The molecular formula is C13H24N4O. The van der Waals surface area contributed by atoms with Crippen molar-refractivity contribution >= 4 is 0 Å². The van der Waals surface area contributed by atoms with Gasteiger partial charge in [-0.3, -0.25) is 0 Å². The predicted molar refractivity (Wildman–Crippen MR) is 70.3 cm³/mol. The molecule has 5 nitrogen and oxygen atoms in total. The first-order chi connectivity index (χ1) is 8.57. The Hall–Kier alpha value is -0.940. The Bertz CT molecular complexity index is 390. The summed E-state index contributed by atoms with van der Waals surface area (Å²) in [7, 11) is 0. The minimum Gasteiger partial charge on any atom is -0.389 e. The molecular weight excluding hydrogens is 228 g/mol. The van der Waals surface area contributed by atoms with Crippen LogP contribution in [0.2, 0.25) is 0 Å². The molecule has 0 radical (unpaired) electrons. The summed E-state index contributed by atoms with van der Waals surface area (Å²) in [4.78, 5) is 4.32. The fraction of sp³-hybridized carbons (Fsp3) is 0.846. The SMILES string of the molecule is CCC1CNCCC1(O)Cc1ncnn1C(C)C. The number of rotatable bonds is 4. The van der Waals surface area contributed by atoms with Crippen LogP contribution in [0.5, 0.6) is 0 Å². The van der Waals surface area contributed by atoms with Crippen molar-refractivity contribution in [2.75, 3.05) is 13.1 Å². The van der Waals surface area contributed by atoms with E-state index in [-0.39, 0.29) is 6.04 Å². The molecule has 0 bridgehead atoms. The van der Waals surface area contributed by atoms with Crippen LogP contribution in [0, 0.1) is 5.92 Å². The van der Waals surface area contributed by atoms with E-state index < -0.39 is 5.60 Å². The van der Waals surface area contributed by atoms with Gasteiger partial charge >= 0.3 is 0 Å². The van der Waals surface area contributed by atoms with Crippen molar-refractivity contribution in [2.45, 2.75) is 51.7 Å². The van der Waals surface area contributed by atoms with E-state index in [4.69, 9.17) is 0 Å². The van der Waals surface area contributed by atoms with Gasteiger partial charge in [-0.15, -0.1) is 0 Å². The lowest BCUT2D eigenvalue weighted by atomic mass is 9.77. The monoisotopic (exact) mass is 252 g/mol. The molecule has 2 heterocycles. The van der Waals surface area contributed by atoms with Crippen LogP contribution in [0.4, 0.5) is 0 Å². The van der Waals surface area contributed by atoms with Crippen LogP contribution in [0.3, 0.4) is 0 Å². The molecule has 0 spiro atoms. The van der Waals surface area contributed by atoms with Crippen molar-refractivity contribution < 1.29 is 5.11 Å². The smallest absolute Gasteiger partial charge is 0.138 e. The summed E-state index contributed by atoms with van der Waals surface area (Å²) >= 11 is 0. The molecule has 1 aromatic heterocycles. The topological polar surface area (TPSA) is 63.0 Å². The zero-order chi connectivity index (χ0) is 13.2. The second-order valence-corrected chi connectivity index (χ2v) is 5.55. The molecule has 1 aromatic rings. The highest BCUT2D eigenvalue weighted by atomic mass is 16.3. The lowest BCUT2D eigenvalue weighted by molar-refractivity contribution is -0.0437. The highest BCUT2D eigenvalue weighted by molar-refractivity contribution is 5.01. The third kappa shape index (κ3) is 2.57. The molecule has 2 N–H and O–H groups in total. The quantitative estimate of drug-likeness (QED) is 0.844. The van der Waals surface area contributed by atoms with Crippen LogP contribution in [-0.4, -0.2) is 38.6 Å². The van der Waals surface area contributed by atoms with Gasteiger partial charge in [-0.25, -0.2) is 9.67 Å². The third-order valence-electron chi connectivity index (χ3n) is 3.98. The number of nitrogens with zero attached hydrogens (tertiary/aromatic N) is 3. The summed E-state index contributed by atoms with van der Waals surface area (Å²) < 4.78 is 1.91. The van der Waals surface area contributed by atoms with Crippen LogP contribution in [0.15, 0.2) is 6.33 Å². The average molecular weight is 252 g/mol. The zero-order valence-corrected chi connectivity index (χ0v) is 11.6. The summed E-state index contributed by atoms with van der Waals surface area (Å²) in [5.41, 5.74) is -0.639. The number of aliphatic hydroxyl groups is 1. The average Bonchev–Trinajstić information content (AvgIpc) is 2.77. The molecule has 0 aliphatic carbocycles. The second-order valence-electron chi connectivity index (χ2n) is 5.55. The summed E-state index contributed by atoms with van der Waals surface area (Å²) in [5, 5.41) is 18.5. The van der Waals surface area contributed by atoms with Gasteiger partial charge in [0, 0.05) is 24.9 Å². The lowest BCUT2D eigenvalue weighted by Crippen LogP contribution is -2.51. The van der Waals surface area contributed by atoms with Crippen molar-refractivity contribution in [3.63, 3.8) is 0 Å². The minimum atomic E-state index is -0.639. The van der Waals surface area contributed by atoms with Gasteiger partial charge in [0.15, 0.2) is 0 Å². The molecule has 0 amide bonds. The summed E-state index contributed by atoms with van der Waals surface area (Å²) in [5.74, 6) is 1.19. The molecule has 18 heavy (non-hydrogen) atoms. The van der Waals surface area contributed by atoms with Crippen LogP contribution in [-0.2, 0) is 6.42 Å². The minimum absolute atomic E-state index is 0.285. The van der Waals surface area contributed by atoms with E-state index in [0.29, 0.717) is 12.3 Å². The molecule has 5 heteroatoms. The number of piperidine rings is 1. The van der Waals surface area contributed by atoms with Crippen molar-refractivity contribution in [2.24, 2.45) is 5.92 Å². The van der Waals surface area contributed by atoms with E-state index in [0.717, 1.165) is 31.8 Å². The molecule has 1 saturated heterocycles. The van der Waals surface area contributed by atoms with E-state index >= 15 is 0 Å². The Balaban J connectivity index is 2.17. The van der Waals surface area contributed by atoms with Gasteiger partial charge in [0.05, 0.1) is 5.60 Å². The van der Waals surface area contributed by atoms with Crippen molar-refractivity contribution in [1.82, 2.24) is 20.1 Å². The van der Waals surface area contributed by atoms with Crippen molar-refractivity contribution in [3.05, 3.63) is 12.2 Å². The Kier molecular flexibility index (Phi) is 4.02. The number of hydrogen-bond acceptors (Lipinski definition) is 4. The standard InChI is InChI=1S/C13H24N4O/c1-4-11-8-14-6-5-13(11,18)7-12-15-9-16-17(12)10(2)3/h9-11,14,18H,4-8H2,1-3H3. The van der Waals surface area contributed by atoms with Gasteiger partial charge in [0.2, 0.25) is 0 Å². The summed E-state index contributed by atoms with van der Waals surface area (Å²) in [6, 6.07) is 0.285. The van der Waals surface area contributed by atoms with Gasteiger partial charge in [-0.1, -0.05) is 6.92 Å². The molecule has 2 rings (SSSR count). The first-order valence-corrected chi connectivity index (χ1v) is 6.88. The predicted octanol–water partition coefficient (Wildman–Crippen LogP) is 1.15. The Labute approximate surface area is 109 Å². The Morgan fingerprint density at radius 3 is 3.06 bits per heavy atom. The van der Waals surface area contributed by atoms with Gasteiger partial charge in [0.25, 0.3) is 0 Å². The number of nitrogens with one attached hydrogen (secondary N) is 1. The van der Waals surface area contributed by atoms with Crippen LogP contribution in [0.1, 0.15) is 45.5 Å². The van der Waals surface area contributed by atoms with Gasteiger partial charge in [0.1, 0.15) is 12.2 Å². The molecule has 0 saturated carbocycles. The van der Waals surface area contributed by atoms with Crippen molar-refractivity contribution in [3.8, 4) is 0 Å². The number of hydrogen-bond donors (Lipinski definition) is 2. The van der Waals surface area contributed by atoms with Crippen molar-refractivity contribution in [1.29, 1.82) is 0 Å².